The van der Waals surface area contributed by atoms with Crippen LogP contribution in [0.25, 0.3) is 0 Å². The SMILES string of the molecule is CCCNC(=O)C(=O)C(CC1CC1)NC(=O)[C@@H]1[C@@H](C(C)C)CCN1C(=O)[C@@H](NC(=O)[C@@H](NC(=O)c1cnccn1)C1CCCCC1)C1(C)CCCCC1. The molecule has 13 nitrogen and oxygen atoms in total. The average Bonchev–Trinajstić information content (AvgIpc) is 3.87. The molecule has 0 radical (unpaired) electrons. The molecule has 1 aromatic heterocycles. The summed E-state index contributed by atoms with van der Waals surface area (Å²) in [5.41, 5.74) is -0.463. The van der Waals surface area contributed by atoms with Gasteiger partial charge in [0.25, 0.3) is 11.8 Å². The van der Waals surface area contributed by atoms with Crippen LogP contribution in [0.2, 0.25) is 0 Å². The highest BCUT2D eigenvalue weighted by molar-refractivity contribution is 6.38. The van der Waals surface area contributed by atoms with Gasteiger partial charge >= 0.3 is 0 Å². The van der Waals surface area contributed by atoms with E-state index in [0.29, 0.717) is 32.4 Å². The summed E-state index contributed by atoms with van der Waals surface area (Å²) in [6.07, 6.45) is 16.6. The lowest BCUT2D eigenvalue weighted by molar-refractivity contribution is -0.147. The van der Waals surface area contributed by atoms with E-state index in [1.807, 2.05) is 27.7 Å². The summed E-state index contributed by atoms with van der Waals surface area (Å²) in [5.74, 6) is -2.99. The van der Waals surface area contributed by atoms with Crippen LogP contribution in [0.1, 0.15) is 134 Å². The molecule has 0 bridgehead atoms. The van der Waals surface area contributed by atoms with Crippen LogP contribution in [0, 0.1) is 29.1 Å². The second-order valence-corrected chi connectivity index (χ2v) is 16.6. The zero-order chi connectivity index (χ0) is 38.1. The molecule has 3 saturated carbocycles. The van der Waals surface area contributed by atoms with Gasteiger partial charge in [-0.15, -0.1) is 0 Å². The first kappa shape index (κ1) is 40.3. The third kappa shape index (κ3) is 10.2. The Kier molecular flexibility index (Phi) is 14.0. The number of likely N-dealkylation sites (tertiary alicyclic amines) is 1. The number of Topliss-reactive ketones (excluding diaryl/α,β-unsaturated/α-hetero) is 1. The zero-order valence-corrected chi connectivity index (χ0v) is 32.2. The molecule has 13 heteroatoms. The van der Waals surface area contributed by atoms with Gasteiger partial charge in [0.2, 0.25) is 23.5 Å². The highest BCUT2D eigenvalue weighted by Gasteiger charge is 2.50. The van der Waals surface area contributed by atoms with Gasteiger partial charge in [-0.3, -0.25) is 33.8 Å². The fourth-order valence-corrected chi connectivity index (χ4v) is 8.83. The van der Waals surface area contributed by atoms with Crippen LogP contribution >= 0.6 is 0 Å². The van der Waals surface area contributed by atoms with E-state index in [1.54, 1.807) is 4.90 Å². The molecule has 0 spiro atoms. The van der Waals surface area contributed by atoms with E-state index >= 15 is 4.79 Å². The third-order valence-corrected chi connectivity index (χ3v) is 12.2. The maximum atomic E-state index is 15.0. The van der Waals surface area contributed by atoms with Crippen molar-refractivity contribution in [3.8, 4) is 0 Å². The average molecular weight is 736 g/mol. The highest BCUT2D eigenvalue weighted by Crippen LogP contribution is 2.42. The second kappa shape index (κ2) is 18.4. The normalized spacial score (nSPS) is 23.4. The van der Waals surface area contributed by atoms with Crippen LogP contribution < -0.4 is 21.3 Å². The molecule has 3 aliphatic carbocycles. The lowest BCUT2D eigenvalue weighted by atomic mass is 9.69. The Balaban J connectivity index is 1.42. The number of carbonyl (C=O) groups excluding carboxylic acids is 6. The number of aromatic nitrogens is 2. The minimum absolute atomic E-state index is 0.0549. The first-order valence-corrected chi connectivity index (χ1v) is 20.2. The van der Waals surface area contributed by atoms with Crippen molar-refractivity contribution in [1.29, 1.82) is 0 Å². The summed E-state index contributed by atoms with van der Waals surface area (Å²) in [4.78, 5) is 93.1. The van der Waals surface area contributed by atoms with Gasteiger partial charge in [-0.1, -0.05) is 79.1 Å². The molecule has 5 atom stereocenters. The van der Waals surface area contributed by atoms with Crippen molar-refractivity contribution in [2.24, 2.45) is 29.1 Å². The molecule has 0 aromatic carbocycles. The van der Waals surface area contributed by atoms with Crippen LogP contribution in [0.15, 0.2) is 18.6 Å². The van der Waals surface area contributed by atoms with Gasteiger partial charge in [0.1, 0.15) is 23.8 Å². The summed E-state index contributed by atoms with van der Waals surface area (Å²) >= 11 is 0. The number of amides is 5. The van der Waals surface area contributed by atoms with Crippen LogP contribution in [-0.2, 0) is 24.0 Å². The van der Waals surface area contributed by atoms with Gasteiger partial charge in [0.15, 0.2) is 0 Å². The summed E-state index contributed by atoms with van der Waals surface area (Å²) in [5, 5.41) is 11.7. The van der Waals surface area contributed by atoms with Crippen molar-refractivity contribution in [3.63, 3.8) is 0 Å². The van der Waals surface area contributed by atoms with Crippen molar-refractivity contribution >= 4 is 35.3 Å². The van der Waals surface area contributed by atoms with Gasteiger partial charge in [-0.05, 0) is 74.0 Å². The maximum absolute atomic E-state index is 15.0. The lowest BCUT2D eigenvalue weighted by Gasteiger charge is -2.43. The van der Waals surface area contributed by atoms with E-state index in [1.165, 1.54) is 18.6 Å². The van der Waals surface area contributed by atoms with Crippen molar-refractivity contribution in [1.82, 2.24) is 36.1 Å². The van der Waals surface area contributed by atoms with E-state index in [4.69, 9.17) is 0 Å². The molecule has 1 unspecified atom stereocenters. The van der Waals surface area contributed by atoms with Crippen LogP contribution in [0.5, 0.6) is 0 Å². The van der Waals surface area contributed by atoms with E-state index in [0.717, 1.165) is 77.0 Å². The Morgan fingerprint density at radius 3 is 2.21 bits per heavy atom. The molecule has 1 aliphatic heterocycles. The van der Waals surface area contributed by atoms with Crippen molar-refractivity contribution in [2.75, 3.05) is 13.1 Å². The molecule has 5 rings (SSSR count). The number of nitrogens with one attached hydrogen (secondary N) is 4. The first-order valence-electron chi connectivity index (χ1n) is 20.2. The van der Waals surface area contributed by atoms with Gasteiger partial charge < -0.3 is 26.2 Å². The van der Waals surface area contributed by atoms with E-state index < -0.39 is 59.0 Å². The van der Waals surface area contributed by atoms with Gasteiger partial charge in [0, 0.05) is 25.5 Å². The number of carbonyl (C=O) groups is 6. The minimum atomic E-state index is -0.974. The number of nitrogens with zero attached hydrogens (tertiary/aromatic N) is 3. The second-order valence-electron chi connectivity index (χ2n) is 16.6. The van der Waals surface area contributed by atoms with E-state index in [9.17, 15) is 24.0 Å². The maximum Gasteiger partial charge on any atom is 0.289 e. The van der Waals surface area contributed by atoms with Crippen molar-refractivity contribution in [3.05, 3.63) is 24.3 Å². The molecule has 4 N–H and O–H groups in total. The smallest absolute Gasteiger partial charge is 0.289 e. The quantitative estimate of drug-likeness (QED) is 0.185. The molecular weight excluding hydrogens is 674 g/mol. The number of hydrogen-bond acceptors (Lipinski definition) is 8. The molecule has 5 amide bonds. The molecule has 4 aliphatic rings. The van der Waals surface area contributed by atoms with Gasteiger partial charge in [0.05, 0.1) is 12.2 Å². The van der Waals surface area contributed by atoms with Crippen molar-refractivity contribution in [2.45, 2.75) is 148 Å². The summed E-state index contributed by atoms with van der Waals surface area (Å²) in [6, 6.07) is -3.65. The Labute approximate surface area is 314 Å². The Morgan fingerprint density at radius 1 is 0.887 bits per heavy atom. The lowest BCUT2D eigenvalue weighted by Crippen LogP contribution is -2.63. The Morgan fingerprint density at radius 2 is 1.58 bits per heavy atom. The number of rotatable bonds is 16. The Bertz CT molecular complexity index is 1450. The van der Waals surface area contributed by atoms with Crippen LogP contribution in [0.4, 0.5) is 0 Å². The number of hydrogen-bond donors (Lipinski definition) is 4. The summed E-state index contributed by atoms with van der Waals surface area (Å²) in [6.45, 7) is 8.71. The zero-order valence-electron chi connectivity index (χ0n) is 32.2. The molecule has 292 valence electrons. The van der Waals surface area contributed by atoms with E-state index in [2.05, 4.69) is 31.2 Å². The van der Waals surface area contributed by atoms with Gasteiger partial charge in [-0.25, -0.2) is 4.98 Å². The first-order chi connectivity index (χ1) is 25.4. The molecule has 53 heavy (non-hydrogen) atoms. The largest absolute Gasteiger partial charge is 0.349 e. The molecule has 1 aromatic rings. The third-order valence-electron chi connectivity index (χ3n) is 12.2. The van der Waals surface area contributed by atoms with Crippen molar-refractivity contribution < 1.29 is 28.8 Å². The topological polar surface area (TPSA) is 180 Å². The minimum Gasteiger partial charge on any atom is -0.349 e. The summed E-state index contributed by atoms with van der Waals surface area (Å²) in [7, 11) is 0. The fourth-order valence-electron chi connectivity index (χ4n) is 8.83. The Hall–Kier alpha value is -3.90. The highest BCUT2D eigenvalue weighted by atomic mass is 16.2. The van der Waals surface area contributed by atoms with E-state index in [-0.39, 0.29) is 35.3 Å². The predicted molar refractivity (Wildman–Crippen MR) is 199 cm³/mol. The van der Waals surface area contributed by atoms with Crippen LogP contribution in [0.3, 0.4) is 0 Å². The standard InChI is InChI=1S/C40H61N7O6/c1-5-19-43-38(52)33(48)29(23-26-14-15-26)44-37(51)32-28(25(2)3)16-22-47(32)39(53)34(40(4)17-10-7-11-18-40)46-36(50)31(27-12-8-6-9-13-27)45-35(49)30-24-41-20-21-42-30/h20-21,24-29,31-32,34H,5-19,22-23H2,1-4H3,(H,43,52)(H,44,51)(H,45,49)(H,46,50)/t28-,29?,31+,32+,34-/m1/s1. The predicted octanol–water partition coefficient (Wildman–Crippen LogP) is 3.86. The number of ketones is 1. The fraction of sp³-hybridized carbons (Fsp3) is 0.750. The molecule has 4 fully saturated rings. The van der Waals surface area contributed by atoms with Gasteiger partial charge in [-0.2, -0.15) is 0 Å². The summed E-state index contributed by atoms with van der Waals surface area (Å²) < 4.78 is 0. The molecular formula is C40H61N7O6. The molecule has 1 saturated heterocycles. The van der Waals surface area contributed by atoms with Crippen LogP contribution in [-0.4, -0.2) is 87.4 Å². The molecule has 2 heterocycles. The monoisotopic (exact) mass is 735 g/mol.